The van der Waals surface area contributed by atoms with Crippen LogP contribution in [0.4, 0.5) is 0 Å². The van der Waals surface area contributed by atoms with Gasteiger partial charge in [-0.05, 0) is 18.2 Å². The summed E-state index contributed by atoms with van der Waals surface area (Å²) in [5.41, 5.74) is 1.16. The number of para-hydroxylation sites is 1. The van der Waals surface area contributed by atoms with E-state index in [1.54, 1.807) is 26.3 Å². The topological polar surface area (TPSA) is 70.2 Å². The fourth-order valence-corrected chi connectivity index (χ4v) is 2.04. The van der Waals surface area contributed by atoms with Crippen LogP contribution in [0.2, 0.25) is 0 Å². The van der Waals surface area contributed by atoms with Gasteiger partial charge in [-0.2, -0.15) is 4.98 Å². The van der Waals surface area contributed by atoms with E-state index in [0.717, 1.165) is 5.56 Å². The molecule has 6 nitrogen and oxygen atoms in total. The number of methoxy groups -OCH3 is 1. The lowest BCUT2D eigenvalue weighted by atomic mass is 10.2. The molecule has 0 aliphatic rings. The molecule has 3 rings (SSSR count). The van der Waals surface area contributed by atoms with E-state index in [1.807, 2.05) is 24.3 Å². The number of rotatable bonds is 3. The van der Waals surface area contributed by atoms with Gasteiger partial charge in [-0.3, -0.25) is 4.79 Å². The summed E-state index contributed by atoms with van der Waals surface area (Å²) in [5.74, 6) is 1.36. The van der Waals surface area contributed by atoms with Gasteiger partial charge in [-0.15, -0.1) is 0 Å². The molecule has 0 aliphatic heterocycles. The number of pyridine rings is 1. The van der Waals surface area contributed by atoms with Crippen LogP contribution in [-0.2, 0) is 7.05 Å². The van der Waals surface area contributed by atoms with E-state index in [2.05, 4.69) is 10.1 Å². The van der Waals surface area contributed by atoms with Crippen molar-refractivity contribution in [3.63, 3.8) is 0 Å². The molecule has 0 amide bonds. The first-order chi connectivity index (χ1) is 10.2. The average molecular weight is 283 g/mol. The third-order valence-electron chi connectivity index (χ3n) is 3.18. The molecule has 2 aromatic heterocycles. The Morgan fingerprint density at radius 2 is 1.95 bits per heavy atom. The van der Waals surface area contributed by atoms with Crippen LogP contribution in [0.1, 0.15) is 0 Å². The molecule has 0 radical (unpaired) electrons. The minimum atomic E-state index is -0.135. The molecule has 0 unspecified atom stereocenters. The minimum Gasteiger partial charge on any atom is -0.496 e. The number of nitrogens with zero attached hydrogens (tertiary/aromatic N) is 3. The molecule has 0 atom stereocenters. The molecule has 6 heteroatoms. The van der Waals surface area contributed by atoms with Crippen LogP contribution in [0, 0.1) is 0 Å². The number of aromatic nitrogens is 3. The Labute approximate surface area is 120 Å². The number of hydrogen-bond acceptors (Lipinski definition) is 5. The highest BCUT2D eigenvalue weighted by Crippen LogP contribution is 2.28. The van der Waals surface area contributed by atoms with E-state index in [4.69, 9.17) is 9.26 Å². The molecule has 1 aromatic carbocycles. The summed E-state index contributed by atoms with van der Waals surface area (Å²) in [6.07, 6.45) is 0. The van der Waals surface area contributed by atoms with Crippen molar-refractivity contribution < 1.29 is 9.26 Å². The highest BCUT2D eigenvalue weighted by Gasteiger charge is 2.15. The second kappa shape index (κ2) is 5.24. The van der Waals surface area contributed by atoms with E-state index in [-0.39, 0.29) is 11.4 Å². The van der Waals surface area contributed by atoms with Gasteiger partial charge in [-0.25, -0.2) is 0 Å². The molecule has 0 spiro atoms. The number of hydrogen-bond donors (Lipinski definition) is 0. The molecule has 2 heterocycles. The van der Waals surface area contributed by atoms with Crippen LogP contribution in [0.5, 0.6) is 5.75 Å². The van der Waals surface area contributed by atoms with Crippen molar-refractivity contribution in [2.24, 2.45) is 7.05 Å². The minimum absolute atomic E-state index is 0.135. The van der Waals surface area contributed by atoms with Crippen LogP contribution in [0.3, 0.4) is 0 Å². The fraction of sp³-hybridized carbons (Fsp3) is 0.133. The monoisotopic (exact) mass is 283 g/mol. The van der Waals surface area contributed by atoms with Crippen LogP contribution in [-0.4, -0.2) is 21.8 Å². The molecule has 0 bridgehead atoms. The first-order valence-electron chi connectivity index (χ1n) is 6.34. The molecule has 3 aromatic rings. The maximum atomic E-state index is 11.6. The zero-order valence-electron chi connectivity index (χ0n) is 11.6. The zero-order chi connectivity index (χ0) is 14.8. The third-order valence-corrected chi connectivity index (χ3v) is 3.18. The van der Waals surface area contributed by atoms with Crippen LogP contribution >= 0.6 is 0 Å². The first-order valence-corrected chi connectivity index (χ1v) is 6.34. The number of benzene rings is 1. The smallest absolute Gasteiger partial charge is 0.274 e. The predicted octanol–water partition coefficient (Wildman–Crippen LogP) is 2.11. The summed E-state index contributed by atoms with van der Waals surface area (Å²) in [6.45, 7) is 0. The van der Waals surface area contributed by atoms with Gasteiger partial charge in [0.1, 0.15) is 11.4 Å². The molecular weight excluding hydrogens is 270 g/mol. The third kappa shape index (κ3) is 2.31. The summed E-state index contributed by atoms with van der Waals surface area (Å²) in [4.78, 5) is 16.0. The first kappa shape index (κ1) is 13.1. The summed E-state index contributed by atoms with van der Waals surface area (Å²) in [5, 5.41) is 3.96. The quantitative estimate of drug-likeness (QED) is 0.736. The second-order valence-electron chi connectivity index (χ2n) is 4.43. The van der Waals surface area contributed by atoms with E-state index in [1.165, 1.54) is 10.6 Å². The van der Waals surface area contributed by atoms with Gasteiger partial charge < -0.3 is 13.8 Å². The molecule has 0 N–H and O–H groups in total. The molecule has 21 heavy (non-hydrogen) atoms. The molecule has 0 saturated carbocycles. The lowest BCUT2D eigenvalue weighted by molar-refractivity contribution is 0.413. The Morgan fingerprint density at radius 3 is 2.76 bits per heavy atom. The summed E-state index contributed by atoms with van der Waals surface area (Å²) in [6, 6.07) is 12.3. The van der Waals surface area contributed by atoms with Crippen molar-refractivity contribution >= 4 is 0 Å². The number of ether oxygens (including phenoxy) is 1. The fourth-order valence-electron chi connectivity index (χ4n) is 2.04. The highest BCUT2D eigenvalue weighted by atomic mass is 16.5. The Bertz CT molecular complexity index is 836. The van der Waals surface area contributed by atoms with Crippen LogP contribution in [0.25, 0.3) is 23.0 Å². The van der Waals surface area contributed by atoms with Crippen LogP contribution < -0.4 is 10.3 Å². The highest BCUT2D eigenvalue weighted by molar-refractivity contribution is 5.65. The molecule has 0 saturated heterocycles. The standard InChI is InChI=1S/C15H13N3O3/c1-18-11(7-5-9-13(18)19)15-16-14(17-21-15)10-6-3-4-8-12(10)20-2/h3-9H,1-2H3. The van der Waals surface area contributed by atoms with E-state index in [9.17, 15) is 4.79 Å². The summed E-state index contributed by atoms with van der Waals surface area (Å²) in [7, 11) is 3.24. The van der Waals surface area contributed by atoms with E-state index in [0.29, 0.717) is 17.3 Å². The van der Waals surface area contributed by atoms with Gasteiger partial charge in [0.2, 0.25) is 5.82 Å². The van der Waals surface area contributed by atoms with Gasteiger partial charge in [-0.1, -0.05) is 23.4 Å². The SMILES string of the molecule is COc1ccccc1-c1noc(-c2cccc(=O)n2C)n1. The van der Waals surface area contributed by atoms with Gasteiger partial charge >= 0.3 is 0 Å². The molecule has 106 valence electrons. The largest absolute Gasteiger partial charge is 0.496 e. The van der Waals surface area contributed by atoms with E-state index >= 15 is 0 Å². The van der Waals surface area contributed by atoms with Gasteiger partial charge in [0.25, 0.3) is 11.4 Å². The maximum Gasteiger partial charge on any atom is 0.274 e. The van der Waals surface area contributed by atoms with Crippen molar-refractivity contribution in [3.05, 3.63) is 52.8 Å². The zero-order valence-corrected chi connectivity index (χ0v) is 11.6. The van der Waals surface area contributed by atoms with Crippen molar-refractivity contribution in [3.8, 4) is 28.7 Å². The van der Waals surface area contributed by atoms with Gasteiger partial charge in [0.15, 0.2) is 0 Å². The lowest BCUT2D eigenvalue weighted by Crippen LogP contribution is -2.16. The van der Waals surface area contributed by atoms with Crippen LogP contribution in [0.15, 0.2) is 51.8 Å². The Morgan fingerprint density at radius 1 is 1.14 bits per heavy atom. The normalized spacial score (nSPS) is 10.6. The van der Waals surface area contributed by atoms with Crippen molar-refractivity contribution in [2.45, 2.75) is 0 Å². The summed E-state index contributed by atoms with van der Waals surface area (Å²) >= 11 is 0. The van der Waals surface area contributed by atoms with Crippen molar-refractivity contribution in [2.75, 3.05) is 7.11 Å². The molecule has 0 fully saturated rings. The Kier molecular flexibility index (Phi) is 3.27. The second-order valence-corrected chi connectivity index (χ2v) is 4.43. The molecular formula is C15H13N3O3. The van der Waals surface area contributed by atoms with Gasteiger partial charge in [0, 0.05) is 13.1 Å². The van der Waals surface area contributed by atoms with Crippen molar-refractivity contribution in [1.82, 2.24) is 14.7 Å². The lowest BCUT2D eigenvalue weighted by Gasteiger charge is -2.03. The average Bonchev–Trinajstić information content (AvgIpc) is 2.99. The summed E-state index contributed by atoms with van der Waals surface area (Å²) < 4.78 is 12.0. The Hall–Kier alpha value is -2.89. The van der Waals surface area contributed by atoms with Gasteiger partial charge in [0.05, 0.1) is 12.7 Å². The van der Waals surface area contributed by atoms with Crippen molar-refractivity contribution in [1.29, 1.82) is 0 Å². The van der Waals surface area contributed by atoms with E-state index < -0.39 is 0 Å². The molecule has 0 aliphatic carbocycles. The maximum absolute atomic E-state index is 11.6. The predicted molar refractivity (Wildman–Crippen MR) is 77.0 cm³/mol. The Balaban J connectivity index is 2.08.